The van der Waals surface area contributed by atoms with E-state index in [1.165, 1.54) is 13.2 Å². The molecule has 0 aliphatic carbocycles. The van der Waals surface area contributed by atoms with Gasteiger partial charge in [0.2, 0.25) is 0 Å². The molecule has 1 fully saturated rings. The molecule has 0 amide bonds. The van der Waals surface area contributed by atoms with E-state index >= 15 is 0 Å². The van der Waals surface area contributed by atoms with Crippen molar-refractivity contribution < 1.29 is 17.9 Å². The molecule has 0 aromatic heterocycles. The van der Waals surface area contributed by atoms with E-state index in [-0.39, 0.29) is 24.2 Å². The summed E-state index contributed by atoms with van der Waals surface area (Å²) >= 11 is 0. The van der Waals surface area contributed by atoms with E-state index < -0.39 is 11.7 Å². The normalized spacial score (nSPS) is 19.2. The van der Waals surface area contributed by atoms with Gasteiger partial charge >= 0.3 is 6.18 Å². The quantitative estimate of drug-likeness (QED) is 0.889. The van der Waals surface area contributed by atoms with Gasteiger partial charge in [-0.1, -0.05) is 0 Å². The van der Waals surface area contributed by atoms with Crippen LogP contribution in [0.3, 0.4) is 0 Å². The minimum Gasteiger partial charge on any atom is -0.497 e. The lowest BCUT2D eigenvalue weighted by atomic mass is 9.96. The topological polar surface area (TPSA) is 21.3 Å². The first-order chi connectivity index (χ1) is 7.50. The smallest absolute Gasteiger partial charge is 0.416 e. The van der Waals surface area contributed by atoms with Crippen LogP contribution < -0.4 is 10.1 Å². The highest BCUT2D eigenvalue weighted by Gasteiger charge is 2.32. The summed E-state index contributed by atoms with van der Waals surface area (Å²) in [5.74, 6) is 0.249. The number of halogens is 4. The van der Waals surface area contributed by atoms with Gasteiger partial charge in [0.1, 0.15) is 5.75 Å². The first-order valence-corrected chi connectivity index (χ1v) is 5.00. The summed E-state index contributed by atoms with van der Waals surface area (Å²) in [7, 11) is 1.37. The predicted octanol–water partition coefficient (Wildman–Crippen LogP) is 3.17. The number of hydrogen-bond donors (Lipinski definition) is 1. The van der Waals surface area contributed by atoms with Crippen molar-refractivity contribution in [3.05, 3.63) is 29.3 Å². The van der Waals surface area contributed by atoms with Crippen molar-refractivity contribution in [3.63, 3.8) is 0 Å². The fourth-order valence-electron chi connectivity index (χ4n) is 1.68. The second-order valence-corrected chi connectivity index (χ2v) is 3.79. The van der Waals surface area contributed by atoms with Crippen molar-refractivity contribution in [2.45, 2.75) is 18.6 Å². The number of hydrogen-bond acceptors (Lipinski definition) is 2. The zero-order chi connectivity index (χ0) is 11.8. The lowest BCUT2D eigenvalue weighted by Gasteiger charge is -2.28. The Morgan fingerprint density at radius 3 is 2.35 bits per heavy atom. The maximum atomic E-state index is 12.6. The third-order valence-corrected chi connectivity index (χ3v) is 2.72. The van der Waals surface area contributed by atoms with Crippen LogP contribution in [0.1, 0.15) is 23.6 Å². The van der Waals surface area contributed by atoms with Gasteiger partial charge in [-0.05, 0) is 36.7 Å². The van der Waals surface area contributed by atoms with Crippen molar-refractivity contribution in [2.24, 2.45) is 0 Å². The predicted molar refractivity (Wildman–Crippen MR) is 60.6 cm³/mol. The van der Waals surface area contributed by atoms with E-state index in [9.17, 15) is 13.2 Å². The molecule has 96 valence electrons. The fourth-order valence-corrected chi connectivity index (χ4v) is 1.68. The van der Waals surface area contributed by atoms with Gasteiger partial charge in [0.05, 0.1) is 12.7 Å². The minimum atomic E-state index is -4.33. The van der Waals surface area contributed by atoms with Crippen molar-refractivity contribution in [3.8, 4) is 5.75 Å². The van der Waals surface area contributed by atoms with E-state index in [4.69, 9.17) is 4.74 Å². The van der Waals surface area contributed by atoms with Crippen LogP contribution in [0.15, 0.2) is 18.2 Å². The first-order valence-electron chi connectivity index (χ1n) is 5.00. The summed E-state index contributed by atoms with van der Waals surface area (Å²) in [6.45, 7) is 0.850. The van der Waals surface area contributed by atoms with E-state index in [0.29, 0.717) is 5.56 Å². The average Bonchev–Trinajstić information content (AvgIpc) is 2.13. The number of ether oxygens (including phenoxy) is 1. The Balaban J connectivity index is 0.00000144. The number of alkyl halides is 3. The molecule has 0 unspecified atom stereocenters. The molecule has 1 aromatic rings. The highest BCUT2D eigenvalue weighted by Crippen LogP contribution is 2.35. The SMILES string of the molecule is COc1cc([C@H]2CCN2)cc(C(F)(F)F)c1.Cl. The van der Waals surface area contributed by atoms with Crippen LogP contribution in [0.25, 0.3) is 0 Å². The van der Waals surface area contributed by atoms with Crippen LogP contribution in [-0.2, 0) is 6.18 Å². The molecule has 1 aliphatic heterocycles. The standard InChI is InChI=1S/C11H12F3NO.ClH/c1-16-9-5-7(10-2-3-15-10)4-8(6-9)11(12,13)14;/h4-6,10,15H,2-3H2,1H3;1H/t10-;/m1./s1. The van der Waals surface area contributed by atoms with Crippen LogP contribution in [0.2, 0.25) is 0 Å². The van der Waals surface area contributed by atoms with Crippen LogP contribution in [0.5, 0.6) is 5.75 Å². The van der Waals surface area contributed by atoms with E-state index in [2.05, 4.69) is 5.32 Å². The molecule has 1 heterocycles. The summed E-state index contributed by atoms with van der Waals surface area (Å²) in [6, 6.07) is 3.87. The van der Waals surface area contributed by atoms with E-state index in [1.807, 2.05) is 0 Å². The van der Waals surface area contributed by atoms with Crippen molar-refractivity contribution in [1.29, 1.82) is 0 Å². The second-order valence-electron chi connectivity index (χ2n) is 3.79. The number of methoxy groups -OCH3 is 1. The zero-order valence-electron chi connectivity index (χ0n) is 9.17. The van der Waals surface area contributed by atoms with Gasteiger partial charge < -0.3 is 10.1 Å². The molecule has 2 nitrogen and oxygen atoms in total. The van der Waals surface area contributed by atoms with Gasteiger partial charge in [-0.2, -0.15) is 13.2 Å². The molecule has 1 saturated heterocycles. The summed E-state index contributed by atoms with van der Waals surface area (Å²) in [6.07, 6.45) is -3.46. The van der Waals surface area contributed by atoms with Crippen molar-refractivity contribution in [2.75, 3.05) is 13.7 Å². The van der Waals surface area contributed by atoms with Crippen LogP contribution in [-0.4, -0.2) is 13.7 Å². The van der Waals surface area contributed by atoms with Gasteiger partial charge in [0, 0.05) is 6.04 Å². The molecule has 1 aliphatic rings. The Morgan fingerprint density at radius 1 is 1.29 bits per heavy atom. The third-order valence-electron chi connectivity index (χ3n) is 2.72. The summed E-state index contributed by atoms with van der Waals surface area (Å²) in [5.41, 5.74) is -0.0199. The second kappa shape index (κ2) is 5.14. The number of benzene rings is 1. The van der Waals surface area contributed by atoms with Crippen LogP contribution in [0.4, 0.5) is 13.2 Å². The van der Waals surface area contributed by atoms with E-state index in [0.717, 1.165) is 19.0 Å². The third kappa shape index (κ3) is 3.04. The Hall–Kier alpha value is -0.940. The van der Waals surface area contributed by atoms with Gasteiger partial charge in [-0.3, -0.25) is 0 Å². The molecule has 0 saturated carbocycles. The molecule has 1 atom stereocenters. The molecule has 0 radical (unpaired) electrons. The summed E-state index contributed by atoms with van der Waals surface area (Å²) in [5, 5.41) is 3.07. The lowest BCUT2D eigenvalue weighted by Crippen LogP contribution is -2.35. The van der Waals surface area contributed by atoms with Crippen molar-refractivity contribution in [1.82, 2.24) is 5.32 Å². The number of rotatable bonds is 2. The first kappa shape index (κ1) is 14.1. The molecule has 6 heteroatoms. The van der Waals surface area contributed by atoms with Gasteiger partial charge in [0.15, 0.2) is 0 Å². The number of nitrogens with one attached hydrogen (secondary N) is 1. The average molecular weight is 268 g/mol. The summed E-state index contributed by atoms with van der Waals surface area (Å²) < 4.78 is 42.7. The molecule has 17 heavy (non-hydrogen) atoms. The Bertz CT molecular complexity index is 391. The largest absolute Gasteiger partial charge is 0.497 e. The zero-order valence-corrected chi connectivity index (χ0v) is 9.99. The molecule has 0 spiro atoms. The molecule has 0 bridgehead atoms. The Morgan fingerprint density at radius 2 is 1.94 bits per heavy atom. The molecular weight excluding hydrogens is 255 g/mol. The highest BCUT2D eigenvalue weighted by molar-refractivity contribution is 5.85. The maximum absolute atomic E-state index is 12.6. The molecular formula is C11H13ClF3NO. The van der Waals surface area contributed by atoms with E-state index in [1.54, 1.807) is 6.07 Å². The fraction of sp³-hybridized carbons (Fsp3) is 0.455. The Labute approximate surface area is 104 Å². The molecule has 1 aromatic carbocycles. The lowest BCUT2D eigenvalue weighted by molar-refractivity contribution is -0.137. The van der Waals surface area contributed by atoms with Gasteiger partial charge in [0.25, 0.3) is 0 Å². The highest BCUT2D eigenvalue weighted by atomic mass is 35.5. The monoisotopic (exact) mass is 267 g/mol. The summed E-state index contributed by atoms with van der Waals surface area (Å²) in [4.78, 5) is 0. The Kier molecular flexibility index (Phi) is 4.27. The minimum absolute atomic E-state index is 0. The van der Waals surface area contributed by atoms with Crippen LogP contribution >= 0.6 is 12.4 Å². The maximum Gasteiger partial charge on any atom is 0.416 e. The van der Waals surface area contributed by atoms with Crippen LogP contribution in [0, 0.1) is 0 Å². The molecule has 2 rings (SSSR count). The molecule has 1 N–H and O–H groups in total. The van der Waals surface area contributed by atoms with Gasteiger partial charge in [-0.25, -0.2) is 0 Å². The van der Waals surface area contributed by atoms with Crippen molar-refractivity contribution >= 4 is 12.4 Å². The van der Waals surface area contributed by atoms with Gasteiger partial charge in [-0.15, -0.1) is 12.4 Å².